The van der Waals surface area contributed by atoms with E-state index in [1.807, 2.05) is 44.3 Å². The van der Waals surface area contributed by atoms with E-state index < -0.39 is 0 Å². The molecule has 0 unspecified atom stereocenters. The van der Waals surface area contributed by atoms with Gasteiger partial charge in [-0.2, -0.15) is 0 Å². The number of carbonyl (C=O) groups is 1. The van der Waals surface area contributed by atoms with Gasteiger partial charge in [-0.3, -0.25) is 4.79 Å². The second kappa shape index (κ2) is 10.3. The van der Waals surface area contributed by atoms with Gasteiger partial charge in [0.2, 0.25) is 5.91 Å². The summed E-state index contributed by atoms with van der Waals surface area (Å²) >= 11 is 0. The minimum Gasteiger partial charge on any atom is -0.424 e. The van der Waals surface area contributed by atoms with Crippen molar-refractivity contribution < 1.29 is 9.53 Å². The van der Waals surface area contributed by atoms with Crippen LogP contribution < -0.4 is 15.8 Å². The molecule has 9 heteroatoms. The highest BCUT2D eigenvalue weighted by Gasteiger charge is 2.24. The maximum absolute atomic E-state index is 11.9. The Kier molecular flexibility index (Phi) is 6.47. The first-order valence-corrected chi connectivity index (χ1v) is 13.1. The SMILES string of the molecule is C=CC(=O)N[C@H]1CCc2ccc(-c3c(-c4ccc(Oc5nccc(C)n5)cc4)c4c(N)ncnc4n3C)cc2C1. The number of nitrogens with one attached hydrogen (secondary N) is 1. The van der Waals surface area contributed by atoms with Gasteiger partial charge in [-0.15, -0.1) is 0 Å². The maximum Gasteiger partial charge on any atom is 0.322 e. The fourth-order valence-corrected chi connectivity index (χ4v) is 5.45. The molecule has 2 aromatic carbocycles. The second-order valence-corrected chi connectivity index (χ2v) is 9.98. The summed E-state index contributed by atoms with van der Waals surface area (Å²) in [6, 6.07) is 16.5. The standard InChI is InChI=1S/C31H29N7O2/c1-4-25(39)37-23-10-7-19-5-6-21(15-22(19)16-23)28-26(27-29(32)34-17-35-30(27)38(28)3)20-8-11-24(12-9-20)40-31-33-14-13-18(2)36-31/h4-6,8-9,11-15,17,23H,1,7,10,16H2,2-3H3,(H,37,39)(H2,32,34,35)/t23-/m0/s1. The minimum atomic E-state index is -0.143. The Hall–Kier alpha value is -5.05. The Balaban J connectivity index is 1.43. The van der Waals surface area contributed by atoms with Crippen LogP contribution in [-0.4, -0.2) is 36.5 Å². The largest absolute Gasteiger partial charge is 0.424 e. The molecular weight excluding hydrogens is 502 g/mol. The van der Waals surface area contributed by atoms with E-state index in [1.165, 1.54) is 23.5 Å². The number of hydrogen-bond acceptors (Lipinski definition) is 7. The van der Waals surface area contributed by atoms with Crippen LogP contribution in [0.3, 0.4) is 0 Å². The average molecular weight is 532 g/mol. The molecule has 0 bridgehead atoms. The third-order valence-electron chi connectivity index (χ3n) is 7.36. The van der Waals surface area contributed by atoms with Gasteiger partial charge in [0, 0.05) is 30.5 Å². The Bertz CT molecular complexity index is 1760. The first-order valence-electron chi connectivity index (χ1n) is 13.1. The van der Waals surface area contributed by atoms with Gasteiger partial charge in [0.05, 0.1) is 11.1 Å². The number of fused-ring (bicyclic) bond motifs is 2. The quantitative estimate of drug-likeness (QED) is 0.298. The molecule has 3 aromatic heterocycles. The van der Waals surface area contributed by atoms with E-state index >= 15 is 0 Å². The number of nitrogens with two attached hydrogens (primary N) is 1. The fraction of sp³-hybridized carbons (Fsp3) is 0.194. The summed E-state index contributed by atoms with van der Waals surface area (Å²) in [6.45, 7) is 5.47. The number of ether oxygens (including phenoxy) is 1. The lowest BCUT2D eigenvalue weighted by Gasteiger charge is -2.26. The number of aromatic nitrogens is 5. The molecule has 1 aliphatic carbocycles. The van der Waals surface area contributed by atoms with Crippen LogP contribution in [0.25, 0.3) is 33.4 Å². The molecule has 3 N–H and O–H groups in total. The third kappa shape index (κ3) is 4.66. The zero-order valence-electron chi connectivity index (χ0n) is 22.4. The van der Waals surface area contributed by atoms with Crippen molar-refractivity contribution in [2.75, 3.05) is 5.73 Å². The molecule has 6 rings (SSSR count). The average Bonchev–Trinajstić information content (AvgIpc) is 3.26. The highest BCUT2D eigenvalue weighted by Crippen LogP contribution is 2.42. The molecule has 1 atom stereocenters. The molecule has 3 heterocycles. The van der Waals surface area contributed by atoms with Crippen LogP contribution in [0, 0.1) is 6.92 Å². The molecule has 1 amide bonds. The predicted molar refractivity (Wildman–Crippen MR) is 155 cm³/mol. The Morgan fingerprint density at radius 1 is 1.10 bits per heavy atom. The molecule has 0 saturated heterocycles. The predicted octanol–water partition coefficient (Wildman–Crippen LogP) is 4.93. The van der Waals surface area contributed by atoms with E-state index in [2.05, 4.69) is 54.6 Å². The van der Waals surface area contributed by atoms with Gasteiger partial charge >= 0.3 is 6.01 Å². The van der Waals surface area contributed by atoms with Gasteiger partial charge in [0.25, 0.3) is 0 Å². The van der Waals surface area contributed by atoms with Gasteiger partial charge < -0.3 is 20.4 Å². The van der Waals surface area contributed by atoms with E-state index in [4.69, 9.17) is 10.5 Å². The summed E-state index contributed by atoms with van der Waals surface area (Å²) < 4.78 is 7.94. The van der Waals surface area contributed by atoms with Crippen molar-refractivity contribution >= 4 is 22.8 Å². The molecule has 0 fully saturated rings. The van der Waals surface area contributed by atoms with Gasteiger partial charge in [-0.25, -0.2) is 19.9 Å². The summed E-state index contributed by atoms with van der Waals surface area (Å²) in [5, 5.41) is 3.85. The molecule has 40 heavy (non-hydrogen) atoms. The van der Waals surface area contributed by atoms with Crippen LogP contribution in [0.2, 0.25) is 0 Å². The maximum atomic E-state index is 11.9. The Labute approximate surface area is 231 Å². The lowest BCUT2D eigenvalue weighted by molar-refractivity contribution is -0.117. The number of nitrogen functional groups attached to an aromatic ring is 1. The normalized spacial score (nSPS) is 14.5. The molecule has 5 aromatic rings. The van der Waals surface area contributed by atoms with Crippen molar-refractivity contribution in [1.82, 2.24) is 29.8 Å². The summed E-state index contributed by atoms with van der Waals surface area (Å²) in [4.78, 5) is 29.3. The number of hydrogen-bond donors (Lipinski definition) is 2. The zero-order chi connectivity index (χ0) is 27.8. The molecule has 0 saturated carbocycles. The molecular formula is C31H29N7O2. The molecule has 0 spiro atoms. The fourth-order valence-electron chi connectivity index (χ4n) is 5.45. The summed E-state index contributed by atoms with van der Waals surface area (Å²) in [5.41, 5.74) is 14.5. The topological polar surface area (TPSA) is 121 Å². The van der Waals surface area contributed by atoms with Gasteiger partial charge in [-0.1, -0.05) is 30.8 Å². The van der Waals surface area contributed by atoms with Crippen molar-refractivity contribution in [2.24, 2.45) is 7.05 Å². The van der Waals surface area contributed by atoms with E-state index in [1.54, 1.807) is 6.20 Å². The number of carbonyl (C=O) groups excluding carboxylic acids is 1. The van der Waals surface area contributed by atoms with Crippen molar-refractivity contribution in [2.45, 2.75) is 32.2 Å². The van der Waals surface area contributed by atoms with Crippen LogP contribution in [0.1, 0.15) is 23.2 Å². The van der Waals surface area contributed by atoms with Gasteiger partial charge in [-0.05, 0) is 78.8 Å². The van der Waals surface area contributed by atoms with Crippen LogP contribution >= 0.6 is 0 Å². The highest BCUT2D eigenvalue weighted by atomic mass is 16.5. The van der Waals surface area contributed by atoms with Crippen LogP contribution in [0.4, 0.5) is 5.82 Å². The van der Waals surface area contributed by atoms with Crippen molar-refractivity contribution in [3.63, 3.8) is 0 Å². The molecule has 0 aliphatic heterocycles. The molecule has 1 aliphatic rings. The highest BCUT2D eigenvalue weighted by molar-refractivity contribution is 6.07. The monoisotopic (exact) mass is 531 g/mol. The molecule has 0 radical (unpaired) electrons. The lowest BCUT2D eigenvalue weighted by atomic mass is 9.86. The Morgan fingerprint density at radius 2 is 1.90 bits per heavy atom. The first-order chi connectivity index (χ1) is 19.4. The van der Waals surface area contributed by atoms with Gasteiger partial charge in [0.1, 0.15) is 23.5 Å². The van der Waals surface area contributed by atoms with Crippen molar-refractivity contribution in [3.8, 4) is 34.1 Å². The van der Waals surface area contributed by atoms with E-state index in [0.717, 1.165) is 58.4 Å². The summed E-state index contributed by atoms with van der Waals surface area (Å²) in [5.74, 6) is 0.901. The van der Waals surface area contributed by atoms with Crippen LogP contribution in [0.5, 0.6) is 11.8 Å². The van der Waals surface area contributed by atoms with Crippen LogP contribution in [0.15, 0.2) is 73.7 Å². The summed E-state index contributed by atoms with van der Waals surface area (Å²) in [6.07, 6.45) is 7.05. The van der Waals surface area contributed by atoms with E-state index in [9.17, 15) is 4.79 Å². The first kappa shape index (κ1) is 25.2. The number of nitrogens with zero attached hydrogens (tertiary/aromatic N) is 5. The summed E-state index contributed by atoms with van der Waals surface area (Å²) in [7, 11) is 1.99. The minimum absolute atomic E-state index is 0.0756. The van der Waals surface area contributed by atoms with Crippen LogP contribution in [-0.2, 0) is 24.7 Å². The number of rotatable bonds is 6. The van der Waals surface area contributed by atoms with Crippen molar-refractivity contribution in [1.29, 1.82) is 0 Å². The number of anilines is 1. The molecule has 9 nitrogen and oxygen atoms in total. The van der Waals surface area contributed by atoms with Crippen molar-refractivity contribution in [3.05, 3.63) is 90.5 Å². The number of aryl methyl sites for hydroxylation is 3. The molecule has 200 valence electrons. The number of benzene rings is 2. The Morgan fingerprint density at radius 3 is 2.67 bits per heavy atom. The van der Waals surface area contributed by atoms with E-state index in [-0.39, 0.29) is 11.9 Å². The zero-order valence-corrected chi connectivity index (χ0v) is 22.4. The second-order valence-electron chi connectivity index (χ2n) is 9.98. The van der Waals surface area contributed by atoms with E-state index in [0.29, 0.717) is 17.6 Å². The smallest absolute Gasteiger partial charge is 0.322 e. The number of amides is 1. The van der Waals surface area contributed by atoms with Gasteiger partial charge in [0.15, 0.2) is 0 Å². The lowest BCUT2D eigenvalue weighted by Crippen LogP contribution is -2.37. The third-order valence-corrected chi connectivity index (χ3v) is 7.36.